The number of phenols is 1. The van der Waals surface area contributed by atoms with Gasteiger partial charge in [-0.3, -0.25) is 34.0 Å². The minimum atomic E-state index is -1.15. The summed E-state index contributed by atoms with van der Waals surface area (Å²) < 4.78 is 14.5. The number of carbonyl (C=O) groups excluding carboxylic acids is 5. The molecule has 5 aliphatic heterocycles. The molecule has 16 heteroatoms. The van der Waals surface area contributed by atoms with Gasteiger partial charge in [0, 0.05) is 74.8 Å². The van der Waals surface area contributed by atoms with E-state index in [0.717, 1.165) is 44.5 Å². The monoisotopic (exact) mass is 902 g/mol. The number of likely N-dealkylation sites (tertiary alicyclic amines) is 1. The number of rotatable bonds is 7. The number of nitrogens with zero attached hydrogens (tertiary/aromatic N) is 5. The summed E-state index contributed by atoms with van der Waals surface area (Å²) in [7, 11) is 3.31. The maximum Gasteiger partial charge on any atom is 0.324 e. The number of esters is 1. The predicted molar refractivity (Wildman–Crippen MR) is 247 cm³/mol. The Balaban J connectivity index is 1.09. The van der Waals surface area contributed by atoms with E-state index in [0.29, 0.717) is 44.3 Å². The molecule has 66 heavy (non-hydrogen) atoms. The Bertz CT molecular complexity index is 2590. The van der Waals surface area contributed by atoms with Gasteiger partial charge in [0.25, 0.3) is 5.91 Å². The zero-order chi connectivity index (χ0) is 46.8. The number of hydrogen-bond donors (Lipinski definition) is 4. The molecule has 3 saturated heterocycles. The summed E-state index contributed by atoms with van der Waals surface area (Å²) in [6.07, 6.45) is 3.52. The molecule has 4 amide bonds. The number of phenolic OH excluding ortho intramolecular Hbond substituents is 1. The molecule has 2 aromatic carbocycles. The largest absolute Gasteiger partial charge is 0.508 e. The minimum absolute atomic E-state index is 0.00143. The number of cyclic esters (lactones) is 1. The molecule has 3 fully saturated rings. The Morgan fingerprint density at radius 1 is 1.06 bits per heavy atom. The van der Waals surface area contributed by atoms with Crippen LogP contribution in [-0.4, -0.2) is 130 Å². The van der Waals surface area contributed by atoms with Crippen LogP contribution in [0.5, 0.6) is 5.75 Å². The van der Waals surface area contributed by atoms with Gasteiger partial charge in [0.1, 0.15) is 30.0 Å². The van der Waals surface area contributed by atoms with Gasteiger partial charge in [-0.15, -0.1) is 0 Å². The van der Waals surface area contributed by atoms with Crippen LogP contribution in [0, 0.1) is 17.3 Å². The number of aromatic nitrogens is 2. The average Bonchev–Trinajstić information content (AvgIpc) is 3.94. The Hall–Kier alpha value is -5.84. The number of ether oxygens (including phenoxy) is 2. The molecular formula is C50H62N8O8. The van der Waals surface area contributed by atoms with E-state index in [1.54, 1.807) is 37.4 Å². The van der Waals surface area contributed by atoms with Gasteiger partial charge in [0.2, 0.25) is 17.7 Å². The lowest BCUT2D eigenvalue weighted by Crippen LogP contribution is -2.62. The van der Waals surface area contributed by atoms with E-state index in [9.17, 15) is 29.1 Å². The lowest BCUT2D eigenvalue weighted by atomic mass is 9.83. The second-order valence-electron chi connectivity index (χ2n) is 20.0. The normalized spacial score (nSPS) is 25.4. The van der Waals surface area contributed by atoms with Gasteiger partial charge in [-0.1, -0.05) is 39.8 Å². The predicted octanol–water partition coefficient (Wildman–Crippen LogP) is 4.29. The number of hydrogen-bond acceptors (Lipinski definition) is 11. The Labute approximate surface area is 385 Å². The number of methoxy groups -OCH3 is 1. The lowest BCUT2D eigenvalue weighted by molar-refractivity contribution is -0.155. The van der Waals surface area contributed by atoms with Gasteiger partial charge in [-0.25, -0.2) is 5.43 Å². The third kappa shape index (κ3) is 8.54. The van der Waals surface area contributed by atoms with Crippen LogP contribution in [-0.2, 0) is 46.3 Å². The number of carbonyl (C=O) groups is 5. The first-order valence-electron chi connectivity index (χ1n) is 23.3. The van der Waals surface area contributed by atoms with E-state index in [1.807, 2.05) is 32.0 Å². The molecule has 5 aliphatic rings. The van der Waals surface area contributed by atoms with Crippen LogP contribution in [0.15, 0.2) is 54.7 Å². The van der Waals surface area contributed by atoms with Crippen molar-refractivity contribution in [2.24, 2.45) is 17.3 Å². The number of aromatic hydroxyl groups is 1. The first-order valence-corrected chi connectivity index (χ1v) is 23.3. The van der Waals surface area contributed by atoms with E-state index < -0.39 is 47.2 Å². The highest BCUT2D eigenvalue weighted by Gasteiger charge is 2.43. The van der Waals surface area contributed by atoms with Crippen LogP contribution in [0.1, 0.15) is 82.8 Å². The third-order valence-electron chi connectivity index (χ3n) is 14.2. The fraction of sp³-hybridized carbons (Fsp3) is 0.520. The van der Waals surface area contributed by atoms with E-state index >= 15 is 0 Å². The molecule has 7 heterocycles. The fourth-order valence-electron chi connectivity index (χ4n) is 10.8. The molecule has 350 valence electrons. The zero-order valence-corrected chi connectivity index (χ0v) is 38.9. The number of fused-ring (bicyclic) bond motifs is 11. The zero-order valence-electron chi connectivity index (χ0n) is 38.9. The second kappa shape index (κ2) is 17.8. The number of nitrogens with one attached hydrogen (secondary N) is 3. The molecule has 6 bridgehead atoms. The summed E-state index contributed by atoms with van der Waals surface area (Å²) in [5.41, 5.74) is 9.73. The summed E-state index contributed by atoms with van der Waals surface area (Å²) in [6.45, 7) is 11.8. The highest BCUT2D eigenvalue weighted by atomic mass is 16.5. The molecule has 16 nitrogen and oxygen atoms in total. The molecule has 9 rings (SSSR count). The van der Waals surface area contributed by atoms with Crippen molar-refractivity contribution in [3.63, 3.8) is 0 Å². The topological polar surface area (TPSA) is 198 Å². The van der Waals surface area contributed by atoms with Crippen molar-refractivity contribution < 1.29 is 38.6 Å². The highest BCUT2D eigenvalue weighted by molar-refractivity contribution is 5.97. The van der Waals surface area contributed by atoms with E-state index in [2.05, 4.69) is 59.6 Å². The number of pyridine rings is 1. The summed E-state index contributed by atoms with van der Waals surface area (Å²) in [5.74, 6) is -2.50. The third-order valence-corrected chi connectivity index (χ3v) is 14.2. The summed E-state index contributed by atoms with van der Waals surface area (Å²) in [6, 6.07) is 12.3. The van der Waals surface area contributed by atoms with Gasteiger partial charge in [0.05, 0.1) is 36.0 Å². The number of benzene rings is 2. The van der Waals surface area contributed by atoms with Crippen LogP contribution < -0.4 is 16.1 Å². The van der Waals surface area contributed by atoms with Crippen molar-refractivity contribution in [1.29, 1.82) is 0 Å². The molecule has 0 aliphatic carbocycles. The maximum absolute atomic E-state index is 14.7. The average molecular weight is 903 g/mol. The molecule has 2 aromatic heterocycles. The molecule has 7 atom stereocenters. The van der Waals surface area contributed by atoms with Gasteiger partial charge >= 0.3 is 5.97 Å². The molecular weight excluding hydrogens is 841 g/mol. The van der Waals surface area contributed by atoms with Crippen molar-refractivity contribution in [3.05, 3.63) is 71.5 Å². The first-order chi connectivity index (χ1) is 31.5. The Morgan fingerprint density at radius 2 is 1.85 bits per heavy atom. The molecule has 1 unspecified atom stereocenters. The highest BCUT2D eigenvalue weighted by Crippen LogP contribution is 2.49. The van der Waals surface area contributed by atoms with Crippen molar-refractivity contribution in [2.75, 3.05) is 46.9 Å². The molecule has 0 radical (unpaired) electrons. The van der Waals surface area contributed by atoms with Crippen LogP contribution in [0.2, 0.25) is 0 Å². The van der Waals surface area contributed by atoms with Gasteiger partial charge in [0.15, 0.2) is 0 Å². The van der Waals surface area contributed by atoms with E-state index in [-0.39, 0.29) is 67.8 Å². The van der Waals surface area contributed by atoms with Gasteiger partial charge < -0.3 is 39.6 Å². The molecule has 0 saturated carbocycles. The maximum atomic E-state index is 14.7. The van der Waals surface area contributed by atoms with Gasteiger partial charge in [-0.05, 0) is 97.2 Å². The van der Waals surface area contributed by atoms with Crippen LogP contribution in [0.25, 0.3) is 33.3 Å². The summed E-state index contributed by atoms with van der Waals surface area (Å²) >= 11 is 0. The SMILES string of the molecule is CO[C@@H]1c2ncccc2-c2c3c4cc(ccc4n2C1C)-c1cc(O)cc(c1)C[C@H](NC(=O)[C@H](C(C)C)N(C)C(=O)[C@H]1CCN(C(=O)[C@H]2CN2)C1)C(=O)N1CCC[C@H](N1)C(=O)OCC(C)(C)C3. The summed E-state index contributed by atoms with van der Waals surface area (Å²) in [5, 5.41) is 19.8. The van der Waals surface area contributed by atoms with Crippen molar-refractivity contribution in [2.45, 2.75) is 103 Å². The van der Waals surface area contributed by atoms with Gasteiger partial charge in [-0.2, -0.15) is 0 Å². The minimum Gasteiger partial charge on any atom is -0.508 e. The van der Waals surface area contributed by atoms with Crippen LogP contribution >= 0.6 is 0 Å². The Kier molecular flexibility index (Phi) is 12.2. The number of likely N-dealkylation sites (N-methyl/N-ethyl adjacent to an activating group) is 1. The molecule has 4 N–H and O–H groups in total. The van der Waals surface area contributed by atoms with Crippen molar-refractivity contribution >= 4 is 40.5 Å². The lowest BCUT2D eigenvalue weighted by Gasteiger charge is -2.37. The van der Waals surface area contributed by atoms with Crippen molar-refractivity contribution in [3.8, 4) is 28.1 Å². The molecule has 4 aromatic rings. The summed E-state index contributed by atoms with van der Waals surface area (Å²) in [4.78, 5) is 77.9. The number of hydrazine groups is 1. The molecule has 0 spiro atoms. The fourth-order valence-corrected chi connectivity index (χ4v) is 10.8. The van der Waals surface area contributed by atoms with E-state index in [4.69, 9.17) is 14.5 Å². The number of amides is 4. The van der Waals surface area contributed by atoms with E-state index in [1.165, 1.54) is 9.91 Å². The quantitative estimate of drug-likeness (QED) is 0.153. The first kappa shape index (κ1) is 45.3. The standard InChI is InChI=1S/C50H62N8O8/c1-27(2)42(55(6)46(61)31-14-17-56(25-31)47(62)39-24-52-39)45(60)53-38-20-29-18-32(21-33(59)19-29)30-12-13-40-35(22-30)36(43-34-10-8-15-51-41(34)44(65-7)28(3)58(40)43)23-50(4,5)26-66-49(64)37-11-9-16-57(54-37)48(38)63/h8,10,12-13,15,18-19,21-22,27-28,31,37-39,42,44,52,54,59H,9,11,14,16-17,20,23-26H2,1-7H3,(H,53,60)/t28?,31-,37-,38-,39+,42-,44-/m0/s1. The Morgan fingerprint density at radius 3 is 2.59 bits per heavy atom. The smallest absolute Gasteiger partial charge is 0.324 e. The van der Waals surface area contributed by atoms with Crippen LogP contribution in [0.4, 0.5) is 0 Å². The van der Waals surface area contributed by atoms with Crippen molar-refractivity contribution in [1.82, 2.24) is 40.4 Å². The van der Waals surface area contributed by atoms with Crippen LogP contribution in [0.3, 0.4) is 0 Å². The second-order valence-corrected chi connectivity index (χ2v) is 20.0.